The van der Waals surface area contributed by atoms with Gasteiger partial charge in [-0.25, -0.2) is 0 Å². The minimum absolute atomic E-state index is 0.166. The van der Waals surface area contributed by atoms with Gasteiger partial charge in [-0.05, 0) is 6.08 Å². The highest BCUT2D eigenvalue weighted by Crippen LogP contribution is 2.12. The molecule has 1 rings (SSSR count). The monoisotopic (exact) mass is 189 g/mol. The van der Waals surface area contributed by atoms with Gasteiger partial charge in [-0.1, -0.05) is 0 Å². The number of hydrogen-bond donors (Lipinski definition) is 2. The number of aliphatic hydroxyl groups excluding tert-OH is 2. The van der Waals surface area contributed by atoms with Gasteiger partial charge in [-0.2, -0.15) is 0 Å². The molecule has 0 aromatic carbocycles. The molecule has 13 heavy (non-hydrogen) atoms. The number of carbonyl (C=O) groups excluding carboxylic acids is 1. The van der Waals surface area contributed by atoms with Crippen molar-refractivity contribution in [2.75, 3.05) is 6.61 Å². The molecule has 0 bridgehead atoms. The van der Waals surface area contributed by atoms with Crippen LogP contribution in [0.3, 0.4) is 0 Å². The number of hydrogen-bond acceptors (Lipinski definition) is 5. The quantitative estimate of drug-likeness (QED) is 0.555. The fourth-order valence-electron chi connectivity index (χ4n) is 0.954. The maximum atomic E-state index is 10.6. The molecule has 0 spiro atoms. The summed E-state index contributed by atoms with van der Waals surface area (Å²) < 4.78 is 16.2. The Labute approximate surface area is 77.0 Å². The molecule has 1 aliphatic heterocycles. The zero-order chi connectivity index (χ0) is 10.6. The Morgan fingerprint density at radius 3 is 3.23 bits per heavy atom. The van der Waals surface area contributed by atoms with Crippen molar-refractivity contribution in [3.63, 3.8) is 0 Å². The molecule has 0 aliphatic carbocycles. The van der Waals surface area contributed by atoms with Crippen molar-refractivity contribution in [1.29, 1.82) is 0 Å². The second-order valence-corrected chi connectivity index (χ2v) is 2.67. The Morgan fingerprint density at radius 2 is 2.54 bits per heavy atom. The van der Waals surface area contributed by atoms with E-state index < -0.39 is 31.2 Å². The van der Waals surface area contributed by atoms with Gasteiger partial charge in [0.05, 0.1) is 6.26 Å². The SMILES string of the molecule is [2H]CC(=O)OC[C@H]1OC=C[C@@H](O)[C@@H]1O. The van der Waals surface area contributed by atoms with Gasteiger partial charge in [-0.15, -0.1) is 0 Å². The highest BCUT2D eigenvalue weighted by atomic mass is 16.6. The van der Waals surface area contributed by atoms with E-state index in [0.29, 0.717) is 0 Å². The van der Waals surface area contributed by atoms with Gasteiger partial charge < -0.3 is 19.7 Å². The van der Waals surface area contributed by atoms with Crippen LogP contribution in [0.1, 0.15) is 8.27 Å². The van der Waals surface area contributed by atoms with Crippen LogP contribution in [0.5, 0.6) is 0 Å². The Bertz CT molecular complexity index is 230. The van der Waals surface area contributed by atoms with E-state index >= 15 is 0 Å². The summed E-state index contributed by atoms with van der Waals surface area (Å²) in [7, 11) is 0. The number of rotatable bonds is 2. The van der Waals surface area contributed by atoms with Crippen LogP contribution < -0.4 is 0 Å². The van der Waals surface area contributed by atoms with Crippen molar-refractivity contribution in [1.82, 2.24) is 0 Å². The van der Waals surface area contributed by atoms with Gasteiger partial charge in [-0.3, -0.25) is 4.79 Å². The van der Waals surface area contributed by atoms with E-state index in [2.05, 4.69) is 4.74 Å². The smallest absolute Gasteiger partial charge is 0.302 e. The van der Waals surface area contributed by atoms with E-state index in [1.165, 1.54) is 12.3 Å². The average molecular weight is 189 g/mol. The zero-order valence-electron chi connectivity index (χ0n) is 7.92. The molecule has 0 aromatic heterocycles. The Kier molecular flexibility index (Phi) is 2.79. The zero-order valence-corrected chi connectivity index (χ0v) is 6.92. The van der Waals surface area contributed by atoms with Crippen LogP contribution in [-0.2, 0) is 14.3 Å². The van der Waals surface area contributed by atoms with Crippen molar-refractivity contribution >= 4 is 5.97 Å². The van der Waals surface area contributed by atoms with Crippen molar-refractivity contribution in [3.8, 4) is 0 Å². The van der Waals surface area contributed by atoms with E-state index in [9.17, 15) is 15.0 Å². The fourth-order valence-corrected chi connectivity index (χ4v) is 0.954. The van der Waals surface area contributed by atoms with Crippen LogP contribution in [-0.4, -0.2) is 41.1 Å². The molecule has 0 fully saturated rings. The molecule has 0 radical (unpaired) electrons. The maximum Gasteiger partial charge on any atom is 0.302 e. The molecule has 0 aromatic rings. The first-order valence-electron chi connectivity index (χ1n) is 4.49. The summed E-state index contributed by atoms with van der Waals surface area (Å²) in [5.41, 5.74) is 0. The molecular weight excluding hydrogens is 176 g/mol. The van der Waals surface area contributed by atoms with Crippen LogP contribution in [0.2, 0.25) is 0 Å². The lowest BCUT2D eigenvalue weighted by molar-refractivity contribution is -0.149. The van der Waals surface area contributed by atoms with Gasteiger partial charge in [0.15, 0.2) is 6.10 Å². The average Bonchev–Trinajstić information content (AvgIpc) is 2.20. The van der Waals surface area contributed by atoms with E-state index in [0.717, 1.165) is 0 Å². The summed E-state index contributed by atoms with van der Waals surface area (Å²) in [6.07, 6.45) is -0.350. The molecule has 0 unspecified atom stereocenters. The Morgan fingerprint density at radius 1 is 1.77 bits per heavy atom. The first kappa shape index (κ1) is 8.52. The van der Waals surface area contributed by atoms with Gasteiger partial charge in [0.2, 0.25) is 0 Å². The normalized spacial score (nSPS) is 33.4. The third kappa shape index (κ3) is 2.71. The van der Waals surface area contributed by atoms with E-state index in [1.807, 2.05) is 0 Å². The summed E-state index contributed by atoms with van der Waals surface area (Å²) in [4.78, 5) is 10.6. The summed E-state index contributed by atoms with van der Waals surface area (Å²) >= 11 is 0. The lowest BCUT2D eigenvalue weighted by Crippen LogP contribution is -2.42. The van der Waals surface area contributed by atoms with Gasteiger partial charge >= 0.3 is 5.97 Å². The van der Waals surface area contributed by atoms with Crippen LogP contribution in [0.15, 0.2) is 12.3 Å². The fraction of sp³-hybridized carbons (Fsp3) is 0.625. The van der Waals surface area contributed by atoms with Crippen molar-refractivity contribution in [3.05, 3.63) is 12.3 Å². The Balaban J connectivity index is 2.38. The third-order valence-corrected chi connectivity index (χ3v) is 1.67. The topological polar surface area (TPSA) is 76.0 Å². The van der Waals surface area contributed by atoms with Crippen molar-refractivity contribution in [2.24, 2.45) is 0 Å². The number of aliphatic hydroxyl groups is 2. The van der Waals surface area contributed by atoms with E-state index in [4.69, 9.17) is 6.11 Å². The van der Waals surface area contributed by atoms with E-state index in [-0.39, 0.29) is 6.61 Å². The molecule has 5 heteroatoms. The molecule has 1 heterocycles. The van der Waals surface area contributed by atoms with Gasteiger partial charge in [0.25, 0.3) is 0 Å². The maximum absolute atomic E-state index is 10.6. The molecule has 0 amide bonds. The van der Waals surface area contributed by atoms with Crippen LogP contribution in [0.25, 0.3) is 0 Å². The summed E-state index contributed by atoms with van der Waals surface area (Å²) in [6.45, 7) is -0.637. The molecule has 2 N–H and O–H groups in total. The van der Waals surface area contributed by atoms with Gasteiger partial charge in [0.1, 0.15) is 18.8 Å². The molecule has 74 valence electrons. The third-order valence-electron chi connectivity index (χ3n) is 1.67. The highest BCUT2D eigenvalue weighted by Gasteiger charge is 2.29. The van der Waals surface area contributed by atoms with E-state index in [1.54, 1.807) is 0 Å². The molecular formula is C8H12O5. The summed E-state index contributed by atoms with van der Waals surface area (Å²) in [6, 6.07) is 0. The Hall–Kier alpha value is -1.07. The molecule has 1 aliphatic rings. The van der Waals surface area contributed by atoms with Crippen LogP contribution in [0, 0.1) is 0 Å². The molecule has 3 atom stereocenters. The van der Waals surface area contributed by atoms with Crippen molar-refractivity contribution in [2.45, 2.75) is 25.2 Å². The first-order valence-corrected chi connectivity index (χ1v) is 3.78. The second kappa shape index (κ2) is 4.25. The largest absolute Gasteiger partial charge is 0.492 e. The molecule has 0 saturated heterocycles. The minimum atomic E-state index is -1.11. The first-order chi connectivity index (χ1) is 6.65. The standard InChI is InChI=1S/C8H12O5/c1-5(9)13-4-7-8(11)6(10)2-3-12-7/h2-3,6-8,10-11H,4H2,1H3/t6-,7-,8+/m1/s1/i1D. The van der Waals surface area contributed by atoms with Crippen LogP contribution in [0.4, 0.5) is 0 Å². The minimum Gasteiger partial charge on any atom is -0.492 e. The molecule has 0 saturated carbocycles. The second-order valence-electron chi connectivity index (χ2n) is 2.67. The lowest BCUT2D eigenvalue weighted by atomic mass is 10.1. The molecule has 5 nitrogen and oxygen atoms in total. The summed E-state index contributed by atoms with van der Waals surface area (Å²) in [5.74, 6) is -0.690. The summed E-state index contributed by atoms with van der Waals surface area (Å²) in [5, 5.41) is 18.5. The van der Waals surface area contributed by atoms with Gasteiger partial charge in [0, 0.05) is 8.27 Å². The number of ether oxygens (including phenoxy) is 2. The number of carbonyl (C=O) groups is 1. The number of esters is 1. The van der Waals surface area contributed by atoms with Crippen molar-refractivity contribution < 1.29 is 25.9 Å². The predicted octanol–water partition coefficient (Wildman–Crippen LogP) is -0.816. The van der Waals surface area contributed by atoms with Crippen LogP contribution >= 0.6 is 0 Å². The highest BCUT2D eigenvalue weighted by molar-refractivity contribution is 5.65. The predicted molar refractivity (Wildman–Crippen MR) is 42.7 cm³/mol. The lowest BCUT2D eigenvalue weighted by Gasteiger charge is -2.27.